The molecule has 4 nitrogen and oxygen atoms in total. The minimum atomic E-state index is 0.0188. The highest BCUT2D eigenvalue weighted by Gasteiger charge is 2.16. The highest BCUT2D eigenvalue weighted by Crippen LogP contribution is 2.27. The zero-order chi connectivity index (χ0) is 13.9. The zero-order valence-corrected chi connectivity index (χ0v) is 11.1. The predicted molar refractivity (Wildman–Crippen MR) is 77.7 cm³/mol. The van der Waals surface area contributed by atoms with E-state index >= 15 is 0 Å². The van der Waals surface area contributed by atoms with Crippen LogP contribution >= 0.6 is 0 Å². The summed E-state index contributed by atoms with van der Waals surface area (Å²) in [5, 5.41) is 2.87. The van der Waals surface area contributed by atoms with Gasteiger partial charge in [-0.25, -0.2) is 4.98 Å². The molecule has 0 saturated carbocycles. The van der Waals surface area contributed by atoms with Crippen LogP contribution in [0.3, 0.4) is 0 Å². The Morgan fingerprint density at radius 3 is 2.70 bits per heavy atom. The first kappa shape index (κ1) is 12.6. The van der Waals surface area contributed by atoms with E-state index in [1.165, 1.54) is 0 Å². The lowest BCUT2D eigenvalue weighted by atomic mass is 10.0. The lowest BCUT2D eigenvalue weighted by Crippen LogP contribution is -2.19. The molecule has 1 N–H and O–H groups in total. The van der Waals surface area contributed by atoms with Crippen LogP contribution in [0.25, 0.3) is 22.6 Å². The van der Waals surface area contributed by atoms with E-state index < -0.39 is 0 Å². The molecule has 3 aromatic rings. The number of carbonyl (C=O) groups is 1. The summed E-state index contributed by atoms with van der Waals surface area (Å²) in [4.78, 5) is 16.6. The van der Waals surface area contributed by atoms with Gasteiger partial charge in [0.05, 0.1) is 6.54 Å². The van der Waals surface area contributed by atoms with Crippen LogP contribution < -0.4 is 5.32 Å². The molecule has 0 amide bonds. The van der Waals surface area contributed by atoms with E-state index in [2.05, 4.69) is 10.3 Å². The van der Waals surface area contributed by atoms with Crippen molar-refractivity contribution in [3.05, 3.63) is 54.1 Å². The first-order valence-electron chi connectivity index (χ1n) is 6.42. The largest absolute Gasteiger partial charge is 0.436 e. The monoisotopic (exact) mass is 266 g/mol. The number of carbonyl (C=O) groups excluding carboxylic acids is 1. The van der Waals surface area contributed by atoms with Gasteiger partial charge >= 0.3 is 0 Å². The number of nitrogens with one attached hydrogen (secondary N) is 1. The van der Waals surface area contributed by atoms with E-state index in [9.17, 15) is 4.79 Å². The van der Waals surface area contributed by atoms with Gasteiger partial charge in [0.2, 0.25) is 5.89 Å². The number of hydrogen-bond donors (Lipinski definition) is 1. The van der Waals surface area contributed by atoms with Crippen LogP contribution in [0.1, 0.15) is 10.4 Å². The van der Waals surface area contributed by atoms with Gasteiger partial charge in [-0.3, -0.25) is 4.79 Å². The number of ketones is 1. The van der Waals surface area contributed by atoms with Crippen LogP contribution in [0.15, 0.2) is 52.9 Å². The van der Waals surface area contributed by atoms with Crippen LogP contribution in [0.2, 0.25) is 0 Å². The van der Waals surface area contributed by atoms with Gasteiger partial charge in [-0.2, -0.15) is 0 Å². The summed E-state index contributed by atoms with van der Waals surface area (Å²) in [5.41, 5.74) is 2.86. The molecule has 2 aromatic carbocycles. The maximum absolute atomic E-state index is 12.1. The van der Waals surface area contributed by atoms with Crippen LogP contribution in [-0.2, 0) is 0 Å². The summed E-state index contributed by atoms with van der Waals surface area (Å²) in [5.74, 6) is 0.497. The Bertz CT molecular complexity index is 729. The summed E-state index contributed by atoms with van der Waals surface area (Å²) in [6.07, 6.45) is 0. The quantitative estimate of drug-likeness (QED) is 0.738. The zero-order valence-electron chi connectivity index (χ0n) is 11.1. The second kappa shape index (κ2) is 5.27. The maximum Gasteiger partial charge on any atom is 0.228 e. The third-order valence-electron chi connectivity index (χ3n) is 3.09. The van der Waals surface area contributed by atoms with E-state index in [4.69, 9.17) is 4.42 Å². The van der Waals surface area contributed by atoms with Crippen molar-refractivity contribution in [1.82, 2.24) is 10.3 Å². The van der Waals surface area contributed by atoms with Crippen LogP contribution in [0.4, 0.5) is 0 Å². The Morgan fingerprint density at radius 2 is 1.90 bits per heavy atom. The number of Topliss-reactive ketones (excluding diaryl/α,β-unsaturated/α-hetero) is 1. The Labute approximate surface area is 116 Å². The fourth-order valence-corrected chi connectivity index (χ4v) is 2.16. The molecule has 0 saturated heterocycles. The van der Waals surface area contributed by atoms with Gasteiger partial charge in [-0.15, -0.1) is 0 Å². The maximum atomic E-state index is 12.1. The number of oxazole rings is 1. The molecule has 3 rings (SSSR count). The number of rotatable bonds is 4. The van der Waals surface area contributed by atoms with Crippen molar-refractivity contribution in [3.8, 4) is 11.5 Å². The lowest BCUT2D eigenvalue weighted by molar-refractivity contribution is 0.0994. The molecule has 0 unspecified atom stereocenters. The van der Waals surface area contributed by atoms with Crippen LogP contribution in [-0.4, -0.2) is 24.4 Å². The second-order valence-electron chi connectivity index (χ2n) is 4.49. The molecule has 0 aliphatic heterocycles. The fraction of sp³-hybridized carbons (Fsp3) is 0.125. The van der Waals surface area contributed by atoms with Gasteiger partial charge in [-0.1, -0.05) is 30.3 Å². The Kier molecular flexibility index (Phi) is 3.31. The number of hydrogen-bond acceptors (Lipinski definition) is 4. The molecule has 4 heteroatoms. The SMILES string of the molecule is CNCC(=O)c1ccccc1-c1nc2ccccc2o1. The molecular weight excluding hydrogens is 252 g/mol. The molecular formula is C16H14N2O2. The van der Waals surface area contributed by atoms with Crippen LogP contribution in [0, 0.1) is 0 Å². The van der Waals surface area contributed by atoms with Gasteiger partial charge in [0, 0.05) is 11.1 Å². The first-order valence-corrected chi connectivity index (χ1v) is 6.42. The first-order chi connectivity index (χ1) is 9.79. The van der Waals surface area contributed by atoms with Crippen molar-refractivity contribution >= 4 is 16.9 Å². The molecule has 0 atom stereocenters. The van der Waals surface area contributed by atoms with E-state index in [-0.39, 0.29) is 12.3 Å². The minimum Gasteiger partial charge on any atom is -0.436 e. The van der Waals surface area contributed by atoms with Gasteiger partial charge in [0.25, 0.3) is 0 Å². The summed E-state index contributed by atoms with van der Waals surface area (Å²) >= 11 is 0. The Morgan fingerprint density at radius 1 is 1.15 bits per heavy atom. The average molecular weight is 266 g/mol. The molecule has 0 spiro atoms. The van der Waals surface area contributed by atoms with E-state index in [0.717, 1.165) is 16.7 Å². The molecule has 1 heterocycles. The van der Waals surface area contributed by atoms with Crippen molar-refractivity contribution in [2.24, 2.45) is 0 Å². The minimum absolute atomic E-state index is 0.0188. The van der Waals surface area contributed by atoms with E-state index in [0.29, 0.717) is 11.5 Å². The highest BCUT2D eigenvalue weighted by atomic mass is 16.3. The summed E-state index contributed by atoms with van der Waals surface area (Å²) < 4.78 is 5.74. The fourth-order valence-electron chi connectivity index (χ4n) is 2.16. The lowest BCUT2D eigenvalue weighted by Gasteiger charge is -2.04. The normalized spacial score (nSPS) is 10.8. The van der Waals surface area contributed by atoms with Crippen molar-refractivity contribution in [2.75, 3.05) is 13.6 Å². The van der Waals surface area contributed by atoms with Crippen molar-refractivity contribution in [3.63, 3.8) is 0 Å². The Balaban J connectivity index is 2.11. The average Bonchev–Trinajstić information content (AvgIpc) is 2.91. The van der Waals surface area contributed by atoms with Crippen LogP contribution in [0.5, 0.6) is 0 Å². The summed E-state index contributed by atoms with van der Waals surface area (Å²) in [6, 6.07) is 14.9. The number of fused-ring (bicyclic) bond motifs is 1. The molecule has 20 heavy (non-hydrogen) atoms. The highest BCUT2D eigenvalue weighted by molar-refractivity contribution is 6.03. The number of aromatic nitrogens is 1. The second-order valence-corrected chi connectivity index (χ2v) is 4.49. The molecule has 0 radical (unpaired) electrons. The number of likely N-dealkylation sites (N-methyl/N-ethyl adjacent to an activating group) is 1. The molecule has 0 aliphatic carbocycles. The molecule has 0 bridgehead atoms. The molecule has 1 aromatic heterocycles. The number of nitrogens with zero attached hydrogens (tertiary/aromatic N) is 1. The summed E-state index contributed by atoms with van der Waals surface area (Å²) in [6.45, 7) is 0.289. The molecule has 0 aliphatic rings. The third kappa shape index (κ3) is 2.21. The van der Waals surface area contributed by atoms with Gasteiger partial charge in [0.15, 0.2) is 11.4 Å². The van der Waals surface area contributed by atoms with Gasteiger partial charge in [-0.05, 0) is 25.2 Å². The number of benzene rings is 2. The van der Waals surface area contributed by atoms with Gasteiger partial charge < -0.3 is 9.73 Å². The van der Waals surface area contributed by atoms with Crippen molar-refractivity contribution in [2.45, 2.75) is 0 Å². The Hall–Kier alpha value is -2.46. The van der Waals surface area contributed by atoms with E-state index in [1.54, 1.807) is 13.1 Å². The topological polar surface area (TPSA) is 55.1 Å². The third-order valence-corrected chi connectivity index (χ3v) is 3.09. The molecule has 0 fully saturated rings. The van der Waals surface area contributed by atoms with Gasteiger partial charge in [0.1, 0.15) is 5.52 Å². The molecule has 100 valence electrons. The van der Waals surface area contributed by atoms with E-state index in [1.807, 2.05) is 42.5 Å². The predicted octanol–water partition coefficient (Wildman–Crippen LogP) is 2.90. The van der Waals surface area contributed by atoms with Crippen molar-refractivity contribution < 1.29 is 9.21 Å². The summed E-state index contributed by atoms with van der Waals surface area (Å²) in [7, 11) is 1.75. The smallest absolute Gasteiger partial charge is 0.228 e. The number of para-hydroxylation sites is 2. The van der Waals surface area contributed by atoms with Crippen molar-refractivity contribution in [1.29, 1.82) is 0 Å². The standard InChI is InChI=1S/C16H14N2O2/c1-17-10-14(19)11-6-2-3-7-12(11)16-18-13-8-4-5-9-15(13)20-16/h2-9,17H,10H2,1H3.